The van der Waals surface area contributed by atoms with Crippen LogP contribution in [-0.2, 0) is 0 Å². The zero-order valence-electron chi connectivity index (χ0n) is 33.6. The van der Waals surface area contributed by atoms with Crippen LogP contribution in [0.15, 0.2) is 164 Å². The predicted molar refractivity (Wildman–Crippen MR) is 247 cm³/mol. The Balaban J connectivity index is 1.12. The zero-order chi connectivity index (χ0) is 38.9. The largest absolute Gasteiger partial charge is 0.309 e. The summed E-state index contributed by atoms with van der Waals surface area (Å²) in [5.41, 5.74) is 21.8. The normalized spacial score (nSPS) is 11.7. The highest BCUT2D eigenvalue weighted by molar-refractivity contribution is 6.96. The molecular weight excluding hydrogens is 687 g/mol. The van der Waals surface area contributed by atoms with Crippen molar-refractivity contribution in [3.63, 3.8) is 0 Å². The Bertz CT molecular complexity index is 3080. The fourth-order valence-corrected chi connectivity index (χ4v) is 10.1. The van der Waals surface area contributed by atoms with Crippen LogP contribution in [0.25, 0.3) is 66.1 Å². The molecule has 10 aromatic rings. The molecule has 0 amide bonds. The van der Waals surface area contributed by atoms with Crippen molar-refractivity contribution in [3.8, 4) is 22.5 Å². The molecular formula is C54H45BN2. The van der Waals surface area contributed by atoms with E-state index in [1.54, 1.807) is 0 Å². The molecule has 0 radical (unpaired) electrons. The van der Waals surface area contributed by atoms with Crippen molar-refractivity contribution in [2.45, 2.75) is 41.5 Å². The van der Waals surface area contributed by atoms with E-state index in [0.717, 1.165) is 5.69 Å². The number of hydrogen-bond donors (Lipinski definition) is 0. The SMILES string of the molecule is Cc1cc(C)c(B(c2ccc(-c3cccc(-n4c5ccccc5c5c6c7ccccc7n(-c7ccccc7)c6ccc54)c3)cc2)c2c(C)cc(C)cc2C)c(C)c1. The number of para-hydroxylation sites is 3. The number of aryl methyl sites for hydroxylation is 6. The van der Waals surface area contributed by atoms with Gasteiger partial charge in [-0.25, -0.2) is 0 Å². The first-order chi connectivity index (χ1) is 27.8. The van der Waals surface area contributed by atoms with Crippen LogP contribution in [-0.4, -0.2) is 15.8 Å². The number of fused-ring (bicyclic) bond motifs is 7. The molecule has 10 rings (SSSR count). The summed E-state index contributed by atoms with van der Waals surface area (Å²) in [6.45, 7) is 13.7. The average molecular weight is 733 g/mol. The molecule has 2 aromatic heterocycles. The molecule has 0 unspecified atom stereocenters. The second-order valence-corrected chi connectivity index (χ2v) is 16.1. The van der Waals surface area contributed by atoms with Crippen LogP contribution in [0.1, 0.15) is 33.4 Å². The lowest BCUT2D eigenvalue weighted by Crippen LogP contribution is -2.55. The smallest absolute Gasteiger partial charge is 0.242 e. The van der Waals surface area contributed by atoms with E-state index in [1.165, 1.54) is 110 Å². The van der Waals surface area contributed by atoms with Gasteiger partial charge in [0.25, 0.3) is 0 Å². The van der Waals surface area contributed by atoms with E-state index in [2.05, 4.69) is 214 Å². The van der Waals surface area contributed by atoms with Crippen molar-refractivity contribution in [1.29, 1.82) is 0 Å². The molecule has 0 aliphatic heterocycles. The van der Waals surface area contributed by atoms with Gasteiger partial charge in [-0.1, -0.05) is 165 Å². The van der Waals surface area contributed by atoms with Crippen LogP contribution in [0.2, 0.25) is 0 Å². The monoisotopic (exact) mass is 732 g/mol. The van der Waals surface area contributed by atoms with Crippen LogP contribution < -0.4 is 16.4 Å². The summed E-state index contributed by atoms with van der Waals surface area (Å²) in [5.74, 6) is 0. The standard InChI is InChI=1S/C54H45BN2/c1-34-29-36(3)53(37(4)30-34)55(54-38(5)31-35(2)32-39(54)6)42-25-23-40(24-26-42)41-15-14-18-44(33-41)57-48-22-13-11-20-46(48)52-50(57)28-27-49-51(52)45-19-10-12-21-47(45)56(49)43-16-8-7-9-17-43/h7-33H,1-6H3. The van der Waals surface area contributed by atoms with Crippen molar-refractivity contribution in [2.75, 3.05) is 0 Å². The van der Waals surface area contributed by atoms with Crippen molar-refractivity contribution < 1.29 is 0 Å². The van der Waals surface area contributed by atoms with Gasteiger partial charge in [0.1, 0.15) is 0 Å². The Hall–Kier alpha value is -6.58. The molecule has 0 aliphatic rings. The third-order valence-corrected chi connectivity index (χ3v) is 12.2. The zero-order valence-corrected chi connectivity index (χ0v) is 33.6. The van der Waals surface area contributed by atoms with Gasteiger partial charge >= 0.3 is 0 Å². The van der Waals surface area contributed by atoms with E-state index in [-0.39, 0.29) is 6.71 Å². The minimum absolute atomic E-state index is 0.147. The summed E-state index contributed by atoms with van der Waals surface area (Å²) in [6.07, 6.45) is 0. The first-order valence-corrected chi connectivity index (χ1v) is 20.1. The minimum atomic E-state index is 0.147. The molecule has 0 saturated carbocycles. The van der Waals surface area contributed by atoms with Crippen molar-refractivity contribution in [3.05, 3.63) is 197 Å². The van der Waals surface area contributed by atoms with Gasteiger partial charge in [0.15, 0.2) is 0 Å². The first kappa shape index (κ1) is 34.9. The summed E-state index contributed by atoms with van der Waals surface area (Å²) in [5, 5.41) is 5.11. The third kappa shape index (κ3) is 5.64. The number of benzene rings is 8. The lowest BCUT2D eigenvalue weighted by Gasteiger charge is -2.24. The summed E-state index contributed by atoms with van der Waals surface area (Å²) in [4.78, 5) is 0. The molecule has 0 N–H and O–H groups in total. The Labute approximate surface area is 335 Å². The first-order valence-electron chi connectivity index (χ1n) is 20.1. The van der Waals surface area contributed by atoms with E-state index in [9.17, 15) is 0 Å². The molecule has 0 atom stereocenters. The second-order valence-electron chi connectivity index (χ2n) is 16.1. The van der Waals surface area contributed by atoms with Crippen molar-refractivity contribution in [2.24, 2.45) is 0 Å². The number of hydrogen-bond acceptors (Lipinski definition) is 0. The molecule has 0 aliphatic carbocycles. The van der Waals surface area contributed by atoms with E-state index < -0.39 is 0 Å². The van der Waals surface area contributed by atoms with Gasteiger partial charge in [-0.2, -0.15) is 0 Å². The van der Waals surface area contributed by atoms with Crippen molar-refractivity contribution >= 4 is 66.7 Å². The summed E-state index contributed by atoms with van der Waals surface area (Å²) >= 11 is 0. The molecule has 3 heteroatoms. The minimum Gasteiger partial charge on any atom is -0.309 e. The van der Waals surface area contributed by atoms with Crippen LogP contribution in [0.5, 0.6) is 0 Å². The average Bonchev–Trinajstić information content (AvgIpc) is 3.73. The Morgan fingerprint density at radius 1 is 0.351 bits per heavy atom. The van der Waals surface area contributed by atoms with Crippen molar-refractivity contribution in [1.82, 2.24) is 9.13 Å². The van der Waals surface area contributed by atoms with Gasteiger partial charge in [0, 0.05) is 32.9 Å². The maximum Gasteiger partial charge on any atom is 0.242 e. The molecule has 0 saturated heterocycles. The third-order valence-electron chi connectivity index (χ3n) is 12.2. The molecule has 2 nitrogen and oxygen atoms in total. The van der Waals surface area contributed by atoms with Gasteiger partial charge in [-0.15, -0.1) is 0 Å². The topological polar surface area (TPSA) is 9.86 Å². The summed E-state index contributed by atoms with van der Waals surface area (Å²) in [7, 11) is 0. The fourth-order valence-electron chi connectivity index (χ4n) is 10.1. The molecule has 0 spiro atoms. The lowest BCUT2D eigenvalue weighted by atomic mass is 9.34. The van der Waals surface area contributed by atoms with Crippen LogP contribution >= 0.6 is 0 Å². The van der Waals surface area contributed by atoms with Gasteiger partial charge in [-0.3, -0.25) is 0 Å². The Kier molecular flexibility index (Phi) is 8.30. The molecule has 57 heavy (non-hydrogen) atoms. The lowest BCUT2D eigenvalue weighted by molar-refractivity contribution is 1.17. The summed E-state index contributed by atoms with van der Waals surface area (Å²) in [6, 6.07) is 60.9. The van der Waals surface area contributed by atoms with E-state index in [0.29, 0.717) is 0 Å². The highest BCUT2D eigenvalue weighted by Crippen LogP contribution is 2.42. The molecule has 0 fully saturated rings. The maximum atomic E-state index is 2.46. The second kappa shape index (κ2) is 13.6. The van der Waals surface area contributed by atoms with E-state index in [4.69, 9.17) is 0 Å². The van der Waals surface area contributed by atoms with E-state index in [1.807, 2.05) is 0 Å². The Morgan fingerprint density at radius 2 is 0.807 bits per heavy atom. The van der Waals surface area contributed by atoms with Crippen LogP contribution in [0, 0.1) is 41.5 Å². The predicted octanol–water partition coefficient (Wildman–Crippen LogP) is 11.9. The van der Waals surface area contributed by atoms with Gasteiger partial charge in [0.05, 0.1) is 22.1 Å². The van der Waals surface area contributed by atoms with Crippen LogP contribution in [0.4, 0.5) is 0 Å². The Morgan fingerprint density at radius 3 is 1.33 bits per heavy atom. The van der Waals surface area contributed by atoms with Crippen LogP contribution in [0.3, 0.4) is 0 Å². The maximum absolute atomic E-state index is 2.46. The number of rotatable bonds is 6. The quantitative estimate of drug-likeness (QED) is 0.151. The van der Waals surface area contributed by atoms with Gasteiger partial charge in [0.2, 0.25) is 6.71 Å². The molecule has 274 valence electrons. The summed E-state index contributed by atoms with van der Waals surface area (Å²) < 4.78 is 4.87. The molecule has 0 bridgehead atoms. The molecule has 2 heterocycles. The van der Waals surface area contributed by atoms with Gasteiger partial charge in [-0.05, 0) is 101 Å². The highest BCUT2D eigenvalue weighted by atomic mass is 15.0. The fraction of sp³-hybridized carbons (Fsp3) is 0.111. The number of aromatic nitrogens is 2. The van der Waals surface area contributed by atoms with Gasteiger partial charge < -0.3 is 9.13 Å². The highest BCUT2D eigenvalue weighted by Gasteiger charge is 2.28. The van der Waals surface area contributed by atoms with E-state index >= 15 is 0 Å². The number of nitrogens with zero attached hydrogens (tertiary/aromatic N) is 2. The molecule has 8 aromatic carbocycles.